The van der Waals surface area contributed by atoms with Gasteiger partial charge in [-0.2, -0.15) is 0 Å². The van der Waals surface area contributed by atoms with E-state index in [0.29, 0.717) is 6.42 Å². The molecule has 0 fully saturated rings. The number of hydrogen-bond donors (Lipinski definition) is 2. The average Bonchev–Trinajstić information content (AvgIpc) is 3.01. The van der Waals surface area contributed by atoms with Crippen LogP contribution < -0.4 is 10.0 Å². The summed E-state index contributed by atoms with van der Waals surface area (Å²) in [7, 11) is -2.27. The molecule has 0 saturated carbocycles. The van der Waals surface area contributed by atoms with Gasteiger partial charge in [0.2, 0.25) is 15.9 Å². The molecule has 5 nitrogen and oxygen atoms in total. The van der Waals surface area contributed by atoms with Crippen molar-refractivity contribution in [1.29, 1.82) is 0 Å². The summed E-state index contributed by atoms with van der Waals surface area (Å²) in [5, 5.41) is 4.74. The highest BCUT2D eigenvalue weighted by Gasteiger charge is 2.20. The van der Waals surface area contributed by atoms with Crippen LogP contribution in [0.1, 0.15) is 16.5 Å². The number of benzene rings is 1. The van der Waals surface area contributed by atoms with Gasteiger partial charge in [-0.05, 0) is 30.5 Å². The van der Waals surface area contributed by atoms with Crippen LogP contribution in [0.2, 0.25) is 0 Å². The van der Waals surface area contributed by atoms with E-state index in [9.17, 15) is 13.2 Å². The van der Waals surface area contributed by atoms with E-state index in [1.807, 2.05) is 47.8 Å². The summed E-state index contributed by atoms with van der Waals surface area (Å²) in [6.45, 7) is 0. The van der Waals surface area contributed by atoms with Crippen LogP contribution in [0.4, 0.5) is 0 Å². The van der Waals surface area contributed by atoms with Gasteiger partial charge in [-0.15, -0.1) is 11.3 Å². The van der Waals surface area contributed by atoms with Crippen LogP contribution in [-0.4, -0.2) is 27.1 Å². The molecule has 1 aromatic carbocycles. The first kappa shape index (κ1) is 16.7. The van der Waals surface area contributed by atoms with Crippen molar-refractivity contribution in [3.05, 3.63) is 58.3 Å². The highest BCUT2D eigenvalue weighted by Crippen LogP contribution is 2.23. The molecule has 22 heavy (non-hydrogen) atoms. The van der Waals surface area contributed by atoms with Crippen LogP contribution in [0.5, 0.6) is 0 Å². The predicted molar refractivity (Wildman–Crippen MR) is 88.2 cm³/mol. The van der Waals surface area contributed by atoms with E-state index >= 15 is 0 Å². The molecule has 2 rings (SSSR count). The van der Waals surface area contributed by atoms with Crippen molar-refractivity contribution < 1.29 is 13.2 Å². The van der Waals surface area contributed by atoms with Gasteiger partial charge in [0.05, 0.1) is 6.04 Å². The number of thiophene rings is 1. The van der Waals surface area contributed by atoms with Gasteiger partial charge >= 0.3 is 0 Å². The van der Waals surface area contributed by atoms with Gasteiger partial charge in [-0.1, -0.05) is 36.4 Å². The Balaban J connectivity index is 2.11. The normalized spacial score (nSPS) is 12.8. The Labute approximate surface area is 134 Å². The Kier molecular flexibility index (Phi) is 5.70. The smallest absolute Gasteiger partial charge is 0.237 e. The SMILES string of the molecule is CNS(=O)(=O)CC(=O)NC(Cc1ccccc1)c1cccs1. The quantitative estimate of drug-likeness (QED) is 0.807. The Bertz CT molecular complexity index is 698. The molecule has 1 heterocycles. The molecule has 1 amide bonds. The van der Waals surface area contributed by atoms with Gasteiger partial charge in [0, 0.05) is 4.88 Å². The Morgan fingerprint density at radius 3 is 2.50 bits per heavy atom. The van der Waals surface area contributed by atoms with Crippen LogP contribution in [0.3, 0.4) is 0 Å². The summed E-state index contributed by atoms with van der Waals surface area (Å²) in [6, 6.07) is 13.4. The lowest BCUT2D eigenvalue weighted by Gasteiger charge is -2.17. The fourth-order valence-electron chi connectivity index (χ4n) is 2.04. The number of sulfonamides is 1. The standard InChI is InChI=1S/C15H18N2O3S2/c1-16-22(19,20)11-15(18)17-13(14-8-5-9-21-14)10-12-6-3-2-4-7-12/h2-9,13,16H,10-11H2,1H3,(H,17,18). The molecular formula is C15H18N2O3S2. The van der Waals surface area contributed by atoms with Gasteiger partial charge in [0.1, 0.15) is 5.75 Å². The van der Waals surface area contributed by atoms with Gasteiger partial charge in [0.15, 0.2) is 0 Å². The molecule has 0 bridgehead atoms. The van der Waals surface area contributed by atoms with Crippen molar-refractivity contribution in [3.8, 4) is 0 Å². The molecular weight excluding hydrogens is 320 g/mol. The molecule has 0 aliphatic carbocycles. The van der Waals surface area contributed by atoms with E-state index in [2.05, 4.69) is 10.0 Å². The summed E-state index contributed by atoms with van der Waals surface area (Å²) < 4.78 is 25.1. The van der Waals surface area contributed by atoms with Gasteiger partial charge < -0.3 is 5.32 Å². The van der Waals surface area contributed by atoms with Crippen LogP contribution in [0.15, 0.2) is 47.8 Å². The highest BCUT2D eigenvalue weighted by atomic mass is 32.2. The fraction of sp³-hybridized carbons (Fsp3) is 0.267. The van der Waals surface area contributed by atoms with Gasteiger partial charge in [0.25, 0.3) is 0 Å². The van der Waals surface area contributed by atoms with Gasteiger partial charge in [-0.25, -0.2) is 13.1 Å². The molecule has 0 spiro atoms. The number of nitrogens with one attached hydrogen (secondary N) is 2. The predicted octanol–water partition coefficient (Wildman–Crippen LogP) is 1.70. The van der Waals surface area contributed by atoms with Crippen molar-refractivity contribution in [2.24, 2.45) is 0 Å². The van der Waals surface area contributed by atoms with Crippen LogP contribution in [0, 0.1) is 0 Å². The zero-order valence-electron chi connectivity index (χ0n) is 12.2. The molecule has 0 radical (unpaired) electrons. The minimum atomic E-state index is -3.56. The maximum Gasteiger partial charge on any atom is 0.237 e. The topological polar surface area (TPSA) is 75.3 Å². The summed E-state index contributed by atoms with van der Waals surface area (Å²) in [6.07, 6.45) is 0.618. The summed E-state index contributed by atoms with van der Waals surface area (Å²) >= 11 is 1.54. The third-order valence-corrected chi connectivity index (χ3v) is 5.39. The van der Waals surface area contributed by atoms with Crippen molar-refractivity contribution in [2.45, 2.75) is 12.5 Å². The third-order valence-electron chi connectivity index (χ3n) is 3.14. The van der Waals surface area contributed by atoms with Crippen LogP contribution in [-0.2, 0) is 21.2 Å². The zero-order valence-corrected chi connectivity index (χ0v) is 13.8. The molecule has 118 valence electrons. The molecule has 7 heteroatoms. The van der Waals surface area contributed by atoms with Crippen molar-refractivity contribution in [1.82, 2.24) is 10.0 Å². The summed E-state index contributed by atoms with van der Waals surface area (Å²) in [5.74, 6) is -1.08. The van der Waals surface area contributed by atoms with E-state index in [1.54, 1.807) is 0 Å². The lowest BCUT2D eigenvalue weighted by molar-refractivity contribution is -0.119. The molecule has 1 atom stereocenters. The maximum absolute atomic E-state index is 12.0. The first-order valence-electron chi connectivity index (χ1n) is 6.78. The van der Waals surface area contributed by atoms with E-state index in [1.165, 1.54) is 18.4 Å². The number of hydrogen-bond acceptors (Lipinski definition) is 4. The Hall–Kier alpha value is -1.70. The molecule has 1 unspecified atom stereocenters. The minimum absolute atomic E-state index is 0.234. The number of carbonyl (C=O) groups is 1. The molecule has 2 aromatic rings. The monoisotopic (exact) mass is 338 g/mol. The van der Waals surface area contributed by atoms with E-state index in [0.717, 1.165) is 10.4 Å². The zero-order chi connectivity index (χ0) is 16.0. The minimum Gasteiger partial charge on any atom is -0.347 e. The number of amides is 1. The van der Waals surface area contributed by atoms with Crippen LogP contribution >= 0.6 is 11.3 Å². The molecule has 2 N–H and O–H groups in total. The summed E-state index contributed by atoms with van der Waals surface area (Å²) in [4.78, 5) is 13.0. The van der Waals surface area contributed by atoms with Crippen molar-refractivity contribution in [2.75, 3.05) is 12.8 Å². The van der Waals surface area contributed by atoms with Crippen molar-refractivity contribution >= 4 is 27.3 Å². The number of carbonyl (C=O) groups excluding carboxylic acids is 1. The van der Waals surface area contributed by atoms with Crippen LogP contribution in [0.25, 0.3) is 0 Å². The maximum atomic E-state index is 12.0. The lowest BCUT2D eigenvalue weighted by atomic mass is 10.0. The highest BCUT2D eigenvalue weighted by molar-refractivity contribution is 7.90. The van der Waals surface area contributed by atoms with E-state index in [4.69, 9.17) is 0 Å². The second kappa shape index (κ2) is 7.53. The van der Waals surface area contributed by atoms with Gasteiger partial charge in [-0.3, -0.25) is 4.79 Å². The second-order valence-electron chi connectivity index (χ2n) is 4.79. The average molecular weight is 338 g/mol. The summed E-state index contributed by atoms with van der Waals surface area (Å²) in [5.41, 5.74) is 1.08. The molecule has 0 aliphatic heterocycles. The van der Waals surface area contributed by atoms with Crippen molar-refractivity contribution in [3.63, 3.8) is 0 Å². The molecule has 0 aliphatic rings. The first-order valence-corrected chi connectivity index (χ1v) is 9.31. The van der Waals surface area contributed by atoms with E-state index in [-0.39, 0.29) is 6.04 Å². The number of rotatable bonds is 7. The third kappa shape index (κ3) is 4.94. The fourth-order valence-corrected chi connectivity index (χ4v) is 3.39. The second-order valence-corrected chi connectivity index (χ2v) is 7.69. The first-order chi connectivity index (χ1) is 10.5. The van der Waals surface area contributed by atoms with E-state index < -0.39 is 21.7 Å². The Morgan fingerprint density at radius 1 is 1.18 bits per heavy atom. The molecule has 0 saturated heterocycles. The largest absolute Gasteiger partial charge is 0.347 e. The molecule has 1 aromatic heterocycles. The Morgan fingerprint density at radius 2 is 1.91 bits per heavy atom. The lowest BCUT2D eigenvalue weighted by Crippen LogP contribution is -2.37.